The lowest BCUT2D eigenvalue weighted by atomic mass is 9.99. The van der Waals surface area contributed by atoms with Crippen molar-refractivity contribution in [3.63, 3.8) is 0 Å². The van der Waals surface area contributed by atoms with Crippen LogP contribution in [0, 0.1) is 0 Å². The standard InChI is InChI=1S/C23H24O12/c1-30-14-6-11(18(26)17(25)10-3-4-12-13(5-10)33-9-32-12)7-15(31-2)22(14)35-23-21(29)20(28)19(27)16(8-24)34-23/h3-7,16,19-21,23-24,27-29H,8-9H2,1-2H3/t16-,19-,20+,21-,23+/m1/s1. The molecule has 12 nitrogen and oxygen atoms in total. The van der Waals surface area contributed by atoms with E-state index in [1.54, 1.807) is 0 Å². The Morgan fingerprint density at radius 2 is 1.51 bits per heavy atom. The highest BCUT2D eigenvalue weighted by atomic mass is 16.7. The van der Waals surface area contributed by atoms with Gasteiger partial charge >= 0.3 is 0 Å². The molecule has 5 atom stereocenters. The van der Waals surface area contributed by atoms with Crippen molar-refractivity contribution in [1.29, 1.82) is 0 Å². The predicted molar refractivity (Wildman–Crippen MR) is 115 cm³/mol. The second-order valence-corrected chi connectivity index (χ2v) is 7.75. The highest BCUT2D eigenvalue weighted by Gasteiger charge is 2.45. The average molecular weight is 492 g/mol. The molecule has 0 unspecified atom stereocenters. The summed E-state index contributed by atoms with van der Waals surface area (Å²) >= 11 is 0. The molecule has 1 saturated heterocycles. The molecule has 2 heterocycles. The van der Waals surface area contributed by atoms with Crippen molar-refractivity contribution in [3.8, 4) is 28.7 Å². The molecule has 0 saturated carbocycles. The van der Waals surface area contributed by atoms with E-state index < -0.39 is 48.9 Å². The minimum absolute atomic E-state index is 0.0191. The zero-order valence-electron chi connectivity index (χ0n) is 18.7. The number of ether oxygens (including phenoxy) is 6. The maximum atomic E-state index is 13.0. The second kappa shape index (κ2) is 10.1. The molecule has 0 bridgehead atoms. The third-order valence-electron chi connectivity index (χ3n) is 5.65. The van der Waals surface area contributed by atoms with Gasteiger partial charge in [-0.05, 0) is 30.3 Å². The van der Waals surface area contributed by atoms with E-state index in [1.165, 1.54) is 44.6 Å². The summed E-state index contributed by atoms with van der Waals surface area (Å²) in [5, 5.41) is 39.6. The molecule has 0 spiro atoms. The molecule has 0 aliphatic carbocycles. The quantitative estimate of drug-likeness (QED) is 0.280. The molecule has 2 aromatic carbocycles. The highest BCUT2D eigenvalue weighted by molar-refractivity contribution is 6.49. The second-order valence-electron chi connectivity index (χ2n) is 7.75. The van der Waals surface area contributed by atoms with E-state index in [0.29, 0.717) is 11.5 Å². The van der Waals surface area contributed by atoms with Gasteiger partial charge in [-0.25, -0.2) is 0 Å². The van der Waals surface area contributed by atoms with Gasteiger partial charge in [0.25, 0.3) is 0 Å². The molecule has 0 aromatic heterocycles. The number of carbonyl (C=O) groups excluding carboxylic acids is 2. The average Bonchev–Trinajstić information content (AvgIpc) is 3.35. The summed E-state index contributed by atoms with van der Waals surface area (Å²) in [6.07, 6.45) is -7.64. The van der Waals surface area contributed by atoms with Crippen molar-refractivity contribution in [1.82, 2.24) is 0 Å². The van der Waals surface area contributed by atoms with Crippen LogP contribution < -0.4 is 23.7 Å². The van der Waals surface area contributed by atoms with Crippen LogP contribution in [-0.2, 0) is 4.74 Å². The lowest BCUT2D eigenvalue weighted by molar-refractivity contribution is -0.277. The van der Waals surface area contributed by atoms with Crippen LogP contribution in [0.25, 0.3) is 0 Å². The summed E-state index contributed by atoms with van der Waals surface area (Å²) in [6, 6.07) is 6.87. The van der Waals surface area contributed by atoms with Gasteiger partial charge < -0.3 is 48.8 Å². The van der Waals surface area contributed by atoms with Gasteiger partial charge in [-0.15, -0.1) is 0 Å². The Hall–Kier alpha value is -3.42. The number of fused-ring (bicyclic) bond motifs is 1. The molecular weight excluding hydrogens is 468 g/mol. The van der Waals surface area contributed by atoms with E-state index in [1.807, 2.05) is 0 Å². The molecule has 35 heavy (non-hydrogen) atoms. The van der Waals surface area contributed by atoms with Crippen LogP contribution in [0.1, 0.15) is 20.7 Å². The first-order valence-corrected chi connectivity index (χ1v) is 10.5. The molecule has 2 aliphatic rings. The van der Waals surface area contributed by atoms with Crippen molar-refractivity contribution in [2.45, 2.75) is 30.7 Å². The van der Waals surface area contributed by atoms with Crippen molar-refractivity contribution in [3.05, 3.63) is 41.5 Å². The number of methoxy groups -OCH3 is 2. The Morgan fingerprint density at radius 1 is 0.886 bits per heavy atom. The molecule has 0 radical (unpaired) electrons. The van der Waals surface area contributed by atoms with E-state index >= 15 is 0 Å². The largest absolute Gasteiger partial charge is 0.493 e. The number of Topliss-reactive ketones (excluding diaryl/α,β-unsaturated/α-hetero) is 2. The Balaban J connectivity index is 1.62. The van der Waals surface area contributed by atoms with Crippen LogP contribution in [0.15, 0.2) is 30.3 Å². The minimum Gasteiger partial charge on any atom is -0.493 e. The van der Waals surface area contributed by atoms with E-state index in [9.17, 15) is 30.0 Å². The minimum atomic E-state index is -1.68. The third kappa shape index (κ3) is 4.61. The maximum absolute atomic E-state index is 13.0. The molecule has 4 N–H and O–H groups in total. The molecule has 1 fully saturated rings. The van der Waals surface area contributed by atoms with Crippen molar-refractivity contribution in [2.75, 3.05) is 27.6 Å². The number of hydrogen-bond donors (Lipinski definition) is 4. The lowest BCUT2D eigenvalue weighted by Gasteiger charge is -2.39. The normalized spacial score (nSPS) is 25.1. The van der Waals surface area contributed by atoms with Crippen molar-refractivity contribution < 1.29 is 58.4 Å². The van der Waals surface area contributed by atoms with Gasteiger partial charge in [0, 0.05) is 11.1 Å². The van der Waals surface area contributed by atoms with Gasteiger partial charge in [-0.3, -0.25) is 9.59 Å². The first-order chi connectivity index (χ1) is 16.8. The van der Waals surface area contributed by atoms with Gasteiger partial charge in [0.1, 0.15) is 24.4 Å². The molecule has 4 rings (SSSR count). The number of ketones is 2. The Morgan fingerprint density at radius 3 is 2.14 bits per heavy atom. The topological polar surface area (TPSA) is 170 Å². The first-order valence-electron chi connectivity index (χ1n) is 10.5. The van der Waals surface area contributed by atoms with Gasteiger partial charge in [0.2, 0.25) is 30.4 Å². The zero-order valence-corrected chi connectivity index (χ0v) is 18.7. The predicted octanol–water partition coefficient (Wildman–Crippen LogP) is -0.323. The molecule has 2 aromatic rings. The Bertz CT molecular complexity index is 1090. The van der Waals surface area contributed by atoms with Crippen LogP contribution in [0.4, 0.5) is 0 Å². The Labute approximate surface area is 199 Å². The molecule has 0 amide bonds. The van der Waals surface area contributed by atoms with Gasteiger partial charge in [-0.1, -0.05) is 0 Å². The lowest BCUT2D eigenvalue weighted by Crippen LogP contribution is -2.60. The summed E-state index contributed by atoms with van der Waals surface area (Å²) in [4.78, 5) is 25.8. The summed E-state index contributed by atoms with van der Waals surface area (Å²) in [5.41, 5.74) is 0.0290. The number of aliphatic hydroxyl groups is 4. The first kappa shape index (κ1) is 24.7. The van der Waals surface area contributed by atoms with Crippen LogP contribution in [0.5, 0.6) is 28.7 Å². The summed E-state index contributed by atoms with van der Waals surface area (Å²) < 4.78 is 32.1. The summed E-state index contributed by atoms with van der Waals surface area (Å²) in [7, 11) is 2.56. The molecule has 2 aliphatic heterocycles. The Kier molecular flexibility index (Phi) is 7.10. The van der Waals surface area contributed by atoms with E-state index in [0.717, 1.165) is 0 Å². The number of rotatable bonds is 8. The van der Waals surface area contributed by atoms with Crippen LogP contribution in [0.3, 0.4) is 0 Å². The fourth-order valence-electron chi connectivity index (χ4n) is 3.71. The molecular formula is C23H24O12. The van der Waals surface area contributed by atoms with Crippen molar-refractivity contribution >= 4 is 11.6 Å². The van der Waals surface area contributed by atoms with Gasteiger partial charge in [0.05, 0.1) is 20.8 Å². The fourth-order valence-corrected chi connectivity index (χ4v) is 3.71. The summed E-state index contributed by atoms with van der Waals surface area (Å²) in [5.74, 6) is -1.04. The van der Waals surface area contributed by atoms with Crippen LogP contribution in [-0.4, -0.2) is 90.3 Å². The number of benzene rings is 2. The molecule has 188 valence electrons. The maximum Gasteiger partial charge on any atom is 0.233 e. The zero-order chi connectivity index (χ0) is 25.3. The monoisotopic (exact) mass is 492 g/mol. The summed E-state index contributed by atoms with van der Waals surface area (Å²) in [6.45, 7) is -0.625. The molecule has 12 heteroatoms. The van der Waals surface area contributed by atoms with Crippen molar-refractivity contribution in [2.24, 2.45) is 0 Å². The van der Waals surface area contributed by atoms with E-state index in [2.05, 4.69) is 0 Å². The fraction of sp³-hybridized carbons (Fsp3) is 0.391. The number of hydrogen-bond acceptors (Lipinski definition) is 12. The van der Waals surface area contributed by atoms with Crippen LogP contribution in [0.2, 0.25) is 0 Å². The highest BCUT2D eigenvalue weighted by Crippen LogP contribution is 2.41. The number of carbonyl (C=O) groups is 2. The smallest absolute Gasteiger partial charge is 0.233 e. The third-order valence-corrected chi connectivity index (χ3v) is 5.65. The SMILES string of the molecule is COc1cc(C(=O)C(=O)c2ccc3c(c2)OCO3)cc(OC)c1O[C@@H]1O[C@H](CO)[C@@H](O)[C@H](O)[C@H]1O. The van der Waals surface area contributed by atoms with Gasteiger partial charge in [-0.2, -0.15) is 0 Å². The van der Waals surface area contributed by atoms with E-state index in [-0.39, 0.29) is 35.2 Å². The van der Waals surface area contributed by atoms with E-state index in [4.69, 9.17) is 28.4 Å². The van der Waals surface area contributed by atoms with Crippen LogP contribution >= 0.6 is 0 Å². The van der Waals surface area contributed by atoms with Gasteiger partial charge in [0.15, 0.2) is 23.0 Å². The number of aliphatic hydroxyl groups excluding tert-OH is 4.